The molecule has 0 fully saturated rings. The Kier molecular flexibility index (Phi) is 9.60. The highest BCUT2D eigenvalue weighted by Gasteiger charge is 2.76. The van der Waals surface area contributed by atoms with Crippen LogP contribution in [0.5, 0.6) is 0 Å². The van der Waals surface area contributed by atoms with Crippen molar-refractivity contribution in [3.63, 3.8) is 0 Å². The van der Waals surface area contributed by atoms with Gasteiger partial charge < -0.3 is 14.9 Å². The molecule has 34 heavy (non-hydrogen) atoms. The molecule has 2 N–H and O–H groups in total. The van der Waals surface area contributed by atoms with Gasteiger partial charge in [-0.25, -0.2) is 4.79 Å². The molecule has 0 saturated carbocycles. The first-order valence-electron chi connectivity index (χ1n) is 9.37. The molecular weight excluding hydrogens is 508 g/mol. The minimum Gasteiger partial charge on any atom is -0.459 e. The van der Waals surface area contributed by atoms with Gasteiger partial charge in [-0.2, -0.15) is 52.7 Å². The fourth-order valence-corrected chi connectivity index (χ4v) is 3.25. The molecule has 0 aliphatic carbocycles. The van der Waals surface area contributed by atoms with Gasteiger partial charge >= 0.3 is 30.7 Å². The number of ether oxygens (including phenoxy) is 1. The number of halogens is 12. The Morgan fingerprint density at radius 2 is 1.15 bits per heavy atom. The van der Waals surface area contributed by atoms with Crippen LogP contribution in [0.2, 0.25) is 0 Å². The number of carbonyl (C=O) groups excluding carboxylic acids is 1. The van der Waals surface area contributed by atoms with E-state index in [-0.39, 0.29) is 12.5 Å². The zero-order valence-electron chi connectivity index (χ0n) is 17.8. The molecule has 0 rings (SSSR count). The molecule has 202 valence electrons. The lowest BCUT2D eigenvalue weighted by Gasteiger charge is -2.43. The van der Waals surface area contributed by atoms with E-state index in [0.717, 1.165) is 13.8 Å². The van der Waals surface area contributed by atoms with Crippen LogP contribution in [-0.2, 0) is 9.53 Å². The zero-order valence-corrected chi connectivity index (χ0v) is 17.8. The first-order chi connectivity index (χ1) is 14.8. The number of aliphatic hydroxyl groups is 2. The van der Waals surface area contributed by atoms with Gasteiger partial charge in [0, 0.05) is 17.4 Å². The van der Waals surface area contributed by atoms with E-state index in [0.29, 0.717) is 0 Å². The third-order valence-electron chi connectivity index (χ3n) is 5.30. The van der Waals surface area contributed by atoms with Crippen molar-refractivity contribution in [3.8, 4) is 0 Å². The summed E-state index contributed by atoms with van der Waals surface area (Å²) in [6.07, 6.45) is -32.7. The molecule has 0 heterocycles. The second kappa shape index (κ2) is 10.1. The predicted molar refractivity (Wildman–Crippen MR) is 91.0 cm³/mol. The maximum atomic E-state index is 13.4. The Labute approximate surface area is 185 Å². The second-order valence-electron chi connectivity index (χ2n) is 7.81. The monoisotopic (exact) mass is 530 g/mol. The van der Waals surface area contributed by atoms with E-state index >= 15 is 0 Å². The van der Waals surface area contributed by atoms with Crippen LogP contribution in [0.4, 0.5) is 52.7 Å². The van der Waals surface area contributed by atoms with E-state index in [1.165, 1.54) is 0 Å². The van der Waals surface area contributed by atoms with Crippen LogP contribution in [0.15, 0.2) is 12.2 Å². The lowest BCUT2D eigenvalue weighted by Crippen LogP contribution is -2.65. The van der Waals surface area contributed by atoms with Crippen molar-refractivity contribution in [3.05, 3.63) is 12.2 Å². The molecule has 0 amide bonds. The third-order valence-corrected chi connectivity index (χ3v) is 5.30. The van der Waals surface area contributed by atoms with Crippen molar-refractivity contribution >= 4 is 5.97 Å². The average molecular weight is 530 g/mol. The van der Waals surface area contributed by atoms with Gasteiger partial charge in [0.15, 0.2) is 0 Å². The Morgan fingerprint density at radius 3 is 1.41 bits per heavy atom. The van der Waals surface area contributed by atoms with E-state index in [4.69, 9.17) is 0 Å². The van der Waals surface area contributed by atoms with Crippen molar-refractivity contribution in [2.24, 2.45) is 11.8 Å². The van der Waals surface area contributed by atoms with E-state index in [1.54, 1.807) is 0 Å². The smallest absolute Gasteiger partial charge is 0.426 e. The van der Waals surface area contributed by atoms with Gasteiger partial charge in [0.05, 0.1) is 0 Å². The van der Waals surface area contributed by atoms with E-state index in [1.807, 2.05) is 0 Å². The topological polar surface area (TPSA) is 66.8 Å². The van der Waals surface area contributed by atoms with Crippen LogP contribution in [0.25, 0.3) is 0 Å². The van der Waals surface area contributed by atoms with Crippen LogP contribution < -0.4 is 0 Å². The summed E-state index contributed by atoms with van der Waals surface area (Å²) >= 11 is 0. The summed E-state index contributed by atoms with van der Waals surface area (Å²) in [4.78, 5) is 11.6. The molecule has 0 saturated heterocycles. The lowest BCUT2D eigenvalue weighted by molar-refractivity contribution is -0.399. The number of rotatable bonds is 9. The van der Waals surface area contributed by atoms with Gasteiger partial charge in [0.2, 0.25) is 0 Å². The summed E-state index contributed by atoms with van der Waals surface area (Å²) in [6.45, 7) is 5.18. The molecule has 16 heteroatoms. The van der Waals surface area contributed by atoms with Crippen LogP contribution >= 0.6 is 0 Å². The van der Waals surface area contributed by atoms with Crippen molar-refractivity contribution in [1.82, 2.24) is 0 Å². The first kappa shape index (κ1) is 32.3. The molecule has 0 radical (unpaired) electrons. The van der Waals surface area contributed by atoms with Crippen molar-refractivity contribution < 1.29 is 72.4 Å². The maximum absolute atomic E-state index is 13.4. The Hall–Kier alpha value is -1.71. The lowest BCUT2D eigenvalue weighted by atomic mass is 9.72. The average Bonchev–Trinajstić information content (AvgIpc) is 2.61. The van der Waals surface area contributed by atoms with Gasteiger partial charge in [-0.3, -0.25) is 0 Å². The molecule has 0 aliphatic heterocycles. The summed E-state index contributed by atoms with van der Waals surface area (Å²) in [5.41, 5.74) is -11.9. The molecule has 0 spiro atoms. The fourth-order valence-electron chi connectivity index (χ4n) is 3.25. The Morgan fingerprint density at radius 1 is 0.794 bits per heavy atom. The van der Waals surface area contributed by atoms with Gasteiger partial charge in [-0.05, 0) is 26.2 Å². The van der Waals surface area contributed by atoms with Crippen LogP contribution in [-0.4, -0.2) is 58.2 Å². The fraction of sp³-hybridized carbons (Fsp3) is 0.833. The van der Waals surface area contributed by atoms with Gasteiger partial charge in [0.1, 0.15) is 6.10 Å². The quantitative estimate of drug-likeness (QED) is 0.231. The number of alkyl halides is 12. The molecule has 0 aromatic rings. The largest absolute Gasteiger partial charge is 0.459 e. The van der Waals surface area contributed by atoms with Gasteiger partial charge in [-0.1, -0.05) is 20.4 Å². The van der Waals surface area contributed by atoms with E-state index in [9.17, 15) is 67.7 Å². The molecular formula is C18H22F12O4. The molecule has 0 aromatic carbocycles. The Bertz CT molecular complexity index is 692. The number of esters is 1. The Balaban J connectivity index is 6.74. The molecule has 0 aliphatic rings. The first-order valence-corrected chi connectivity index (χ1v) is 9.37. The minimum atomic E-state index is -6.62. The SMILES string of the molecule is C=C(C)C(=O)OC(CC)CC(CC(C)C(O)(C(F)(F)F)C(F)(F)F)C(O)(C(F)(F)F)C(F)(F)F. The second-order valence-corrected chi connectivity index (χ2v) is 7.81. The predicted octanol–water partition coefficient (Wildman–Crippen LogP) is 5.63. The number of hydrogen-bond donors (Lipinski definition) is 2. The van der Waals surface area contributed by atoms with Crippen molar-refractivity contribution in [1.29, 1.82) is 0 Å². The minimum absolute atomic E-state index is 0.0675. The molecule has 4 nitrogen and oxygen atoms in total. The highest BCUT2D eigenvalue weighted by Crippen LogP contribution is 2.54. The van der Waals surface area contributed by atoms with E-state index < -0.39 is 79.1 Å². The summed E-state index contributed by atoms with van der Waals surface area (Å²) < 4.78 is 164. The zero-order chi connectivity index (χ0) is 27.7. The summed E-state index contributed by atoms with van der Waals surface area (Å²) in [5.74, 6) is -8.13. The van der Waals surface area contributed by atoms with Crippen LogP contribution in [0.1, 0.15) is 40.0 Å². The van der Waals surface area contributed by atoms with Gasteiger partial charge in [-0.15, -0.1) is 0 Å². The third kappa shape index (κ3) is 6.29. The highest BCUT2D eigenvalue weighted by atomic mass is 19.4. The van der Waals surface area contributed by atoms with Crippen LogP contribution in [0.3, 0.4) is 0 Å². The maximum Gasteiger partial charge on any atom is 0.426 e. The molecule has 0 aromatic heterocycles. The van der Waals surface area contributed by atoms with E-state index in [2.05, 4.69) is 11.3 Å². The normalized spacial score (nSPS) is 17.2. The number of carbonyl (C=O) groups is 1. The molecule has 3 atom stereocenters. The highest BCUT2D eigenvalue weighted by molar-refractivity contribution is 5.87. The summed E-state index contributed by atoms with van der Waals surface area (Å²) in [5, 5.41) is 19.1. The van der Waals surface area contributed by atoms with Crippen molar-refractivity contribution in [2.45, 2.75) is 82.0 Å². The van der Waals surface area contributed by atoms with Gasteiger partial charge in [0.25, 0.3) is 11.2 Å². The summed E-state index contributed by atoms with van der Waals surface area (Å²) in [6, 6.07) is 0. The standard InChI is InChI=1S/C18H22F12O4/c1-5-11(34-12(31)8(2)3)7-10(14(33,17(25,26)27)18(28,29)30)6-9(4)13(32,15(19,20)21)16(22,23)24/h9-11,32-33H,2,5-7H2,1,3-4H3. The van der Waals surface area contributed by atoms with Crippen LogP contribution in [0, 0.1) is 11.8 Å². The number of hydrogen-bond acceptors (Lipinski definition) is 4. The molecule has 3 unspecified atom stereocenters. The summed E-state index contributed by atoms with van der Waals surface area (Å²) in [7, 11) is 0. The van der Waals surface area contributed by atoms with Crippen molar-refractivity contribution in [2.75, 3.05) is 0 Å². The molecule has 0 bridgehead atoms.